The maximum atomic E-state index is 15.3. The van der Waals surface area contributed by atoms with Gasteiger partial charge < -0.3 is 9.64 Å². The van der Waals surface area contributed by atoms with Crippen LogP contribution in [0.4, 0.5) is 20.6 Å². The molecule has 3 aliphatic heterocycles. The van der Waals surface area contributed by atoms with Gasteiger partial charge in [-0.25, -0.2) is 18.8 Å². The minimum absolute atomic E-state index is 0.0436. The number of aromatic nitrogens is 1. The van der Waals surface area contributed by atoms with Crippen LogP contribution in [0, 0.1) is 18.2 Å². The van der Waals surface area contributed by atoms with Crippen LogP contribution in [0.3, 0.4) is 0 Å². The molecular formula is C30H26FN4O4+. The van der Waals surface area contributed by atoms with Gasteiger partial charge >= 0.3 is 17.9 Å². The summed E-state index contributed by atoms with van der Waals surface area (Å²) >= 11 is 0. The number of nitrogens with zero attached hydrogens (tertiary/aromatic N) is 4. The van der Waals surface area contributed by atoms with E-state index in [1.54, 1.807) is 48.8 Å². The maximum absolute atomic E-state index is 15.3. The first-order chi connectivity index (χ1) is 18.9. The molecule has 0 radical (unpaired) electrons. The zero-order valence-electron chi connectivity index (χ0n) is 21.2. The van der Waals surface area contributed by atoms with E-state index in [-0.39, 0.29) is 37.9 Å². The first kappa shape index (κ1) is 24.8. The van der Waals surface area contributed by atoms with Crippen LogP contribution in [0.15, 0.2) is 60.9 Å². The molecule has 1 saturated heterocycles. The molecule has 0 N–H and O–H groups in total. The Morgan fingerprint density at radius 3 is 2.56 bits per heavy atom. The topological polar surface area (TPSA) is 79.8 Å². The molecular weight excluding hydrogens is 499 g/mol. The van der Waals surface area contributed by atoms with Crippen LogP contribution in [-0.4, -0.2) is 59.7 Å². The van der Waals surface area contributed by atoms with Gasteiger partial charge in [0, 0.05) is 25.5 Å². The van der Waals surface area contributed by atoms with Crippen molar-refractivity contribution in [1.29, 1.82) is 0 Å². The van der Waals surface area contributed by atoms with Crippen LogP contribution in [0.2, 0.25) is 0 Å². The highest BCUT2D eigenvalue weighted by molar-refractivity contribution is 6.13. The number of carbonyl (C=O) groups is 3. The quantitative estimate of drug-likeness (QED) is 0.276. The second kappa shape index (κ2) is 9.64. The summed E-state index contributed by atoms with van der Waals surface area (Å²) in [6, 6.07) is 13.3. The van der Waals surface area contributed by atoms with Gasteiger partial charge in [0.25, 0.3) is 0 Å². The summed E-state index contributed by atoms with van der Waals surface area (Å²) in [5.41, 5.74) is 3.75. The Hall–Kier alpha value is -4.55. The van der Waals surface area contributed by atoms with Crippen LogP contribution >= 0.6 is 0 Å². The lowest BCUT2D eigenvalue weighted by Crippen LogP contribution is -2.57. The Balaban J connectivity index is 1.21. The standard InChI is InChI=1S/C30H26FN4O4/c1-2-3-14-35(28(36)24-6-4-5-7-25(24)29(35)37)19-23-18-34(30(38)39-23)22-8-9-27(26(31)15-22)33-13-11-20-10-12-32-16-21(20)17-33/h1,4-10,12,15-16,23H,3,11,13-14,17-19H2/q+1/t23-/m0/s1. The largest absolute Gasteiger partial charge is 0.438 e. The van der Waals surface area contributed by atoms with E-state index in [1.807, 2.05) is 11.0 Å². The number of ether oxygens (including phenoxy) is 1. The van der Waals surface area contributed by atoms with Crippen molar-refractivity contribution in [2.24, 2.45) is 0 Å². The summed E-state index contributed by atoms with van der Waals surface area (Å²) < 4.78 is 20.4. The minimum atomic E-state index is -0.758. The molecule has 3 aliphatic rings. The fourth-order valence-corrected chi connectivity index (χ4v) is 5.81. The molecule has 0 unspecified atom stereocenters. The first-order valence-corrected chi connectivity index (χ1v) is 12.8. The fraction of sp³-hybridized carbons (Fsp3) is 0.267. The number of quaternary nitrogens is 1. The van der Waals surface area contributed by atoms with Crippen LogP contribution in [0.25, 0.3) is 0 Å². The predicted molar refractivity (Wildman–Crippen MR) is 142 cm³/mol. The second-order valence-electron chi connectivity index (χ2n) is 10.1. The summed E-state index contributed by atoms with van der Waals surface area (Å²) in [6.45, 7) is 1.36. The molecule has 1 fully saturated rings. The van der Waals surface area contributed by atoms with Gasteiger partial charge in [0.15, 0.2) is 6.10 Å². The molecule has 0 aliphatic carbocycles. The van der Waals surface area contributed by atoms with Crippen molar-refractivity contribution in [3.8, 4) is 12.3 Å². The molecule has 2 aromatic carbocycles. The number of pyridine rings is 1. The van der Waals surface area contributed by atoms with Crippen molar-refractivity contribution in [3.63, 3.8) is 0 Å². The molecule has 0 spiro atoms. The zero-order valence-corrected chi connectivity index (χ0v) is 21.2. The van der Waals surface area contributed by atoms with Crippen LogP contribution < -0.4 is 9.80 Å². The normalized spacial score (nSPS) is 19.5. The number of hydrogen-bond donors (Lipinski definition) is 0. The number of halogens is 1. The van der Waals surface area contributed by atoms with Gasteiger partial charge in [-0.1, -0.05) is 12.1 Å². The molecule has 4 heterocycles. The number of hydrogen-bond acceptors (Lipinski definition) is 6. The summed E-state index contributed by atoms with van der Waals surface area (Å²) in [6.07, 6.45) is 8.63. The molecule has 3 aromatic rings. The lowest BCUT2D eigenvalue weighted by atomic mass is 10.0. The van der Waals surface area contributed by atoms with Gasteiger partial charge in [0.05, 0.1) is 35.5 Å². The van der Waals surface area contributed by atoms with E-state index in [9.17, 15) is 14.4 Å². The van der Waals surface area contributed by atoms with Gasteiger partial charge in [0.2, 0.25) is 0 Å². The molecule has 1 aromatic heterocycles. The SMILES string of the molecule is C#CCC[N+]1(C[C@@H]2CN(c3ccc(N4CCc5ccncc5C4)c(F)c3)C(=O)O2)C(=O)c2ccccc2C1=O. The van der Waals surface area contributed by atoms with Gasteiger partial charge in [-0.15, -0.1) is 12.3 Å². The van der Waals surface area contributed by atoms with Gasteiger partial charge in [-0.05, 0) is 53.9 Å². The van der Waals surface area contributed by atoms with Crippen molar-refractivity contribution in [2.75, 3.05) is 36.0 Å². The number of imide groups is 1. The average molecular weight is 526 g/mol. The monoisotopic (exact) mass is 525 g/mol. The number of cyclic esters (lactones) is 1. The van der Waals surface area contributed by atoms with E-state index in [0.717, 1.165) is 12.0 Å². The highest BCUT2D eigenvalue weighted by Gasteiger charge is 2.55. The Morgan fingerprint density at radius 1 is 1.08 bits per heavy atom. The Bertz CT molecular complexity index is 1510. The number of anilines is 2. The highest BCUT2D eigenvalue weighted by Crippen LogP contribution is 2.34. The number of benzene rings is 2. The summed E-state index contributed by atoms with van der Waals surface area (Å²) in [7, 11) is 0. The highest BCUT2D eigenvalue weighted by atomic mass is 19.1. The molecule has 39 heavy (non-hydrogen) atoms. The molecule has 0 bridgehead atoms. The summed E-state index contributed by atoms with van der Waals surface area (Å²) in [5, 5.41) is 0. The molecule has 0 saturated carbocycles. The molecule has 3 amide bonds. The number of fused-ring (bicyclic) bond motifs is 2. The van der Waals surface area contributed by atoms with E-state index in [2.05, 4.69) is 10.9 Å². The Kier molecular flexibility index (Phi) is 6.12. The average Bonchev–Trinajstić information content (AvgIpc) is 3.42. The van der Waals surface area contributed by atoms with Gasteiger partial charge in [-0.3, -0.25) is 9.88 Å². The van der Waals surface area contributed by atoms with E-state index in [4.69, 9.17) is 11.2 Å². The van der Waals surface area contributed by atoms with Crippen molar-refractivity contribution >= 4 is 29.3 Å². The van der Waals surface area contributed by atoms with Crippen molar-refractivity contribution in [1.82, 2.24) is 4.98 Å². The van der Waals surface area contributed by atoms with Crippen molar-refractivity contribution < 1.29 is 28.0 Å². The second-order valence-corrected chi connectivity index (χ2v) is 10.1. The fourth-order valence-electron chi connectivity index (χ4n) is 5.81. The Labute approximate surface area is 225 Å². The van der Waals surface area contributed by atoms with Crippen LogP contribution in [0.5, 0.6) is 0 Å². The van der Waals surface area contributed by atoms with Crippen LogP contribution in [-0.2, 0) is 17.7 Å². The first-order valence-electron chi connectivity index (χ1n) is 12.8. The predicted octanol–water partition coefficient (Wildman–Crippen LogP) is 3.94. The molecule has 9 heteroatoms. The molecule has 196 valence electrons. The molecule has 8 nitrogen and oxygen atoms in total. The lowest BCUT2D eigenvalue weighted by molar-refractivity contribution is -0.766. The van der Waals surface area contributed by atoms with Gasteiger partial charge in [0.1, 0.15) is 18.9 Å². The van der Waals surface area contributed by atoms with E-state index in [0.29, 0.717) is 35.6 Å². The van der Waals surface area contributed by atoms with E-state index < -0.39 is 22.5 Å². The van der Waals surface area contributed by atoms with E-state index in [1.165, 1.54) is 16.5 Å². The smallest absolute Gasteiger partial charge is 0.414 e. The third-order valence-electron chi connectivity index (χ3n) is 7.79. The zero-order chi connectivity index (χ0) is 27.1. The van der Waals surface area contributed by atoms with E-state index >= 15 is 4.39 Å². The van der Waals surface area contributed by atoms with Gasteiger partial charge in [-0.2, -0.15) is 4.48 Å². The number of rotatable bonds is 6. The van der Waals surface area contributed by atoms with Crippen LogP contribution in [0.1, 0.15) is 38.3 Å². The Morgan fingerprint density at radius 2 is 1.85 bits per heavy atom. The lowest BCUT2D eigenvalue weighted by Gasteiger charge is -2.31. The third-order valence-corrected chi connectivity index (χ3v) is 7.79. The van der Waals surface area contributed by atoms with Crippen molar-refractivity contribution in [2.45, 2.75) is 25.5 Å². The maximum Gasteiger partial charge on any atom is 0.414 e. The number of carbonyl (C=O) groups excluding carboxylic acids is 3. The third kappa shape index (κ3) is 4.14. The molecule has 1 atom stereocenters. The number of terminal acetylenes is 1. The minimum Gasteiger partial charge on any atom is -0.438 e. The summed E-state index contributed by atoms with van der Waals surface area (Å²) in [5.74, 6) is 1.36. The number of amides is 3. The summed E-state index contributed by atoms with van der Waals surface area (Å²) in [4.78, 5) is 47.2. The van der Waals surface area contributed by atoms with Crippen molar-refractivity contribution in [3.05, 3.63) is 89.0 Å². The molecule has 6 rings (SSSR count).